The predicted molar refractivity (Wildman–Crippen MR) is 113 cm³/mol. The van der Waals surface area contributed by atoms with Gasteiger partial charge >= 0.3 is 0 Å². The second-order valence-electron chi connectivity index (χ2n) is 4.87. The van der Waals surface area contributed by atoms with Gasteiger partial charge in [0, 0.05) is 22.7 Å². The zero-order valence-electron chi connectivity index (χ0n) is 14.9. The third-order valence-corrected chi connectivity index (χ3v) is 3.56. The molecule has 3 aromatic rings. The Balaban J connectivity index is 0.000000730. The summed E-state index contributed by atoms with van der Waals surface area (Å²) >= 11 is 3.44. The molecule has 3 nitrogen and oxygen atoms in total. The summed E-state index contributed by atoms with van der Waals surface area (Å²) < 4.78 is 5.50. The van der Waals surface area contributed by atoms with Crippen LogP contribution < -0.4 is 4.74 Å². The molecule has 1 aromatic heterocycles. The molecule has 0 amide bonds. The Morgan fingerprint density at radius 3 is 2.28 bits per heavy atom. The van der Waals surface area contributed by atoms with Gasteiger partial charge in [-0.15, -0.1) is 0 Å². The van der Waals surface area contributed by atoms with E-state index in [1.165, 1.54) is 0 Å². The van der Waals surface area contributed by atoms with E-state index in [2.05, 4.69) is 31.7 Å². The number of methoxy groups -OCH3 is 1. The number of nitriles is 1. The highest BCUT2D eigenvalue weighted by molar-refractivity contribution is 8.31. The molecule has 0 radical (unpaired) electrons. The quantitative estimate of drug-likeness (QED) is 0.456. The monoisotopic (exact) mass is 370 g/mol. The van der Waals surface area contributed by atoms with Gasteiger partial charge in [-0.1, -0.05) is 46.6 Å². The van der Waals surface area contributed by atoms with Crippen LogP contribution in [-0.2, 0) is 0 Å². The first-order valence-electron chi connectivity index (χ1n) is 7.93. The van der Waals surface area contributed by atoms with Crippen molar-refractivity contribution in [2.75, 3.05) is 7.11 Å². The summed E-state index contributed by atoms with van der Waals surface area (Å²) in [5, 5.41) is 9.89. The van der Waals surface area contributed by atoms with Crippen LogP contribution in [-0.4, -0.2) is 12.1 Å². The van der Waals surface area contributed by atoms with Gasteiger partial charge in [0.1, 0.15) is 5.75 Å². The highest BCUT2D eigenvalue weighted by Gasteiger charge is 2.10. The second kappa shape index (κ2) is 10.7. The van der Waals surface area contributed by atoms with Crippen LogP contribution in [0, 0.1) is 18.3 Å². The number of aromatic nitrogens is 1. The van der Waals surface area contributed by atoms with Crippen molar-refractivity contribution in [1.29, 1.82) is 5.26 Å². The number of aryl methyl sites for hydroxylation is 1. The normalized spacial score (nSPS) is 9.16. The SMILES string of the molecule is CC.COc1c(C)cnc2c(-c3ccc(C#N)cc3)cccc12.PS. The number of para-hydroxylation sites is 1. The fraction of sp³-hybridized carbons (Fsp3) is 0.200. The molecule has 0 N–H and O–H groups in total. The van der Waals surface area contributed by atoms with Gasteiger partial charge in [-0.2, -0.15) is 17.5 Å². The average Bonchev–Trinajstić information content (AvgIpc) is 2.70. The predicted octanol–water partition coefficient (Wildman–Crippen LogP) is 5.82. The second-order valence-corrected chi connectivity index (χ2v) is 4.87. The summed E-state index contributed by atoms with van der Waals surface area (Å²) in [6.07, 6.45) is 1.83. The van der Waals surface area contributed by atoms with E-state index in [1.54, 1.807) is 7.11 Å². The lowest BCUT2D eigenvalue weighted by Gasteiger charge is -2.11. The zero-order valence-corrected chi connectivity index (χ0v) is 17.0. The molecule has 1 unspecified atom stereocenters. The average molecular weight is 370 g/mol. The Morgan fingerprint density at radius 1 is 1.08 bits per heavy atom. The molecule has 2 aromatic carbocycles. The number of hydrogen-bond acceptors (Lipinski definition) is 4. The highest BCUT2D eigenvalue weighted by Crippen LogP contribution is 2.33. The van der Waals surface area contributed by atoms with Crippen LogP contribution in [0.3, 0.4) is 0 Å². The van der Waals surface area contributed by atoms with Gasteiger partial charge < -0.3 is 4.74 Å². The van der Waals surface area contributed by atoms with Gasteiger partial charge in [-0.3, -0.25) is 4.98 Å². The smallest absolute Gasteiger partial charge is 0.132 e. The molecular formula is C20H23N2OPS. The van der Waals surface area contributed by atoms with Gasteiger partial charge in [0.15, 0.2) is 0 Å². The number of ether oxygens (including phenoxy) is 1. The molecule has 1 heterocycles. The lowest BCUT2D eigenvalue weighted by atomic mass is 10.00. The first kappa shape index (κ1) is 21.0. The Labute approximate surface area is 157 Å². The Morgan fingerprint density at radius 2 is 1.72 bits per heavy atom. The van der Waals surface area contributed by atoms with Gasteiger partial charge in [-0.25, -0.2) is 0 Å². The fourth-order valence-corrected chi connectivity index (χ4v) is 2.53. The summed E-state index contributed by atoms with van der Waals surface area (Å²) in [4.78, 5) is 4.56. The van der Waals surface area contributed by atoms with Crippen molar-refractivity contribution in [2.24, 2.45) is 0 Å². The van der Waals surface area contributed by atoms with Crippen LogP contribution in [0.5, 0.6) is 5.75 Å². The van der Waals surface area contributed by atoms with E-state index < -0.39 is 0 Å². The van der Waals surface area contributed by atoms with Crippen LogP contribution in [0.15, 0.2) is 48.7 Å². The van der Waals surface area contributed by atoms with E-state index in [0.717, 1.165) is 33.3 Å². The summed E-state index contributed by atoms with van der Waals surface area (Å²) in [5.74, 6) is 0.857. The van der Waals surface area contributed by atoms with Crippen LogP contribution in [0.25, 0.3) is 22.0 Å². The summed E-state index contributed by atoms with van der Waals surface area (Å²) in [6.45, 7) is 5.99. The molecule has 0 aliphatic rings. The van der Waals surface area contributed by atoms with E-state index in [1.807, 2.05) is 69.4 Å². The summed E-state index contributed by atoms with van der Waals surface area (Å²) in [7, 11) is 3.79. The largest absolute Gasteiger partial charge is 0.496 e. The number of thiol groups is 1. The number of hydrogen-bond donors (Lipinski definition) is 1. The maximum Gasteiger partial charge on any atom is 0.132 e. The Hall–Kier alpha value is -2.08. The Bertz CT molecular complexity index is 858. The molecular weight excluding hydrogens is 347 g/mol. The van der Waals surface area contributed by atoms with Crippen molar-refractivity contribution < 1.29 is 4.74 Å². The zero-order chi connectivity index (χ0) is 18.8. The fourth-order valence-electron chi connectivity index (χ4n) is 2.53. The van der Waals surface area contributed by atoms with E-state index in [4.69, 9.17) is 10.00 Å². The number of pyridine rings is 1. The molecule has 0 saturated heterocycles. The molecule has 0 aliphatic heterocycles. The van der Waals surface area contributed by atoms with E-state index >= 15 is 0 Å². The summed E-state index contributed by atoms with van der Waals surface area (Å²) in [6, 6.07) is 15.7. The molecule has 5 heteroatoms. The molecule has 0 bridgehead atoms. The third kappa shape index (κ3) is 4.72. The maximum atomic E-state index is 8.89. The molecule has 0 saturated carbocycles. The number of nitrogens with zero attached hydrogens (tertiary/aromatic N) is 2. The maximum absolute atomic E-state index is 8.89. The lowest BCUT2D eigenvalue weighted by molar-refractivity contribution is 0.416. The van der Waals surface area contributed by atoms with Crippen molar-refractivity contribution in [2.45, 2.75) is 20.8 Å². The van der Waals surface area contributed by atoms with E-state index in [0.29, 0.717) is 5.56 Å². The van der Waals surface area contributed by atoms with Gasteiger partial charge in [0.05, 0.1) is 24.3 Å². The Kier molecular flexibility index (Phi) is 8.99. The van der Waals surface area contributed by atoms with Crippen molar-refractivity contribution >= 4 is 31.6 Å². The number of benzene rings is 2. The van der Waals surface area contributed by atoms with Crippen molar-refractivity contribution in [1.82, 2.24) is 4.98 Å². The first-order chi connectivity index (χ1) is 12.2. The highest BCUT2D eigenvalue weighted by atomic mass is 32.7. The van der Waals surface area contributed by atoms with Crippen molar-refractivity contribution in [3.8, 4) is 22.9 Å². The molecule has 1 atom stereocenters. The van der Waals surface area contributed by atoms with Crippen LogP contribution >= 0.6 is 20.7 Å². The summed E-state index contributed by atoms with van der Waals surface area (Å²) in [5.41, 5.74) is 4.65. The van der Waals surface area contributed by atoms with Gasteiger partial charge in [0.25, 0.3) is 0 Å². The number of fused-ring (bicyclic) bond motifs is 1. The van der Waals surface area contributed by atoms with Crippen LogP contribution in [0.4, 0.5) is 0 Å². The minimum Gasteiger partial charge on any atom is -0.496 e. The van der Waals surface area contributed by atoms with E-state index in [9.17, 15) is 0 Å². The standard InChI is InChI=1S/C18H14N2O.C2H6.H3PS/c1-12-11-20-17-15(4-3-5-16(17)18(12)21-2)14-8-6-13(10-19)7-9-14;2*1-2/h3-9,11H,1-2H3;1-2H3;2H,1H2. The molecule has 3 rings (SSSR count). The van der Waals surface area contributed by atoms with Crippen LogP contribution in [0.2, 0.25) is 0 Å². The molecule has 0 aliphatic carbocycles. The van der Waals surface area contributed by atoms with Crippen LogP contribution in [0.1, 0.15) is 25.0 Å². The van der Waals surface area contributed by atoms with Gasteiger partial charge in [-0.05, 0) is 30.7 Å². The van der Waals surface area contributed by atoms with Crippen molar-refractivity contribution in [3.05, 3.63) is 59.8 Å². The number of rotatable bonds is 2. The first-order valence-corrected chi connectivity index (χ1v) is 10.00. The molecule has 0 spiro atoms. The lowest BCUT2D eigenvalue weighted by Crippen LogP contribution is -1.93. The molecule has 25 heavy (non-hydrogen) atoms. The molecule has 130 valence electrons. The third-order valence-electron chi connectivity index (χ3n) is 3.56. The minimum absolute atomic E-state index is 0.653. The molecule has 0 fully saturated rings. The minimum atomic E-state index is 0.653. The van der Waals surface area contributed by atoms with Gasteiger partial charge in [0.2, 0.25) is 0 Å². The topological polar surface area (TPSA) is 45.9 Å². The van der Waals surface area contributed by atoms with E-state index in [-0.39, 0.29) is 0 Å². The van der Waals surface area contributed by atoms with Crippen molar-refractivity contribution in [3.63, 3.8) is 0 Å².